The normalized spacial score (nSPS) is 17.4. The van der Waals surface area contributed by atoms with Gasteiger partial charge >= 0.3 is 0 Å². The maximum atomic E-state index is 11.7. The topological polar surface area (TPSA) is 44.4 Å². The Morgan fingerprint density at radius 1 is 1.05 bits per heavy atom. The first-order valence-electron chi connectivity index (χ1n) is 7.98. The number of rotatable bonds is 8. The lowest BCUT2D eigenvalue weighted by molar-refractivity contribution is -0.122. The lowest BCUT2D eigenvalue weighted by atomic mass is 10.1. The summed E-state index contributed by atoms with van der Waals surface area (Å²) in [7, 11) is 0. The minimum absolute atomic E-state index is 0.145. The van der Waals surface area contributed by atoms with E-state index in [1.807, 2.05) is 0 Å². The molecule has 0 saturated heterocycles. The third-order valence-electron chi connectivity index (χ3n) is 4.00. The van der Waals surface area contributed by atoms with Gasteiger partial charge < -0.3 is 10.6 Å². The fourth-order valence-corrected chi connectivity index (χ4v) is 2.67. The van der Waals surface area contributed by atoms with Crippen molar-refractivity contribution in [3.8, 4) is 0 Å². The van der Waals surface area contributed by atoms with E-state index >= 15 is 0 Å². The molecule has 1 rings (SSSR count). The van der Waals surface area contributed by atoms with Crippen LogP contribution in [0.2, 0.25) is 0 Å². The summed E-state index contributed by atoms with van der Waals surface area (Å²) in [6.45, 7) is 8.21. The van der Waals surface area contributed by atoms with Gasteiger partial charge in [0.05, 0.1) is 6.54 Å². The minimum Gasteiger partial charge on any atom is -0.354 e. The molecule has 1 aliphatic rings. The summed E-state index contributed by atoms with van der Waals surface area (Å²) >= 11 is 0. The van der Waals surface area contributed by atoms with Crippen molar-refractivity contribution in [1.29, 1.82) is 0 Å². The lowest BCUT2D eigenvalue weighted by Crippen LogP contribution is -2.41. The van der Waals surface area contributed by atoms with E-state index in [0.717, 1.165) is 26.2 Å². The molecule has 0 aromatic rings. The zero-order chi connectivity index (χ0) is 13.9. The Morgan fingerprint density at radius 3 is 2.26 bits per heavy atom. The quantitative estimate of drug-likeness (QED) is 0.521. The molecular weight excluding hydrogens is 238 g/mol. The predicted molar refractivity (Wildman–Crippen MR) is 80.3 cm³/mol. The summed E-state index contributed by atoms with van der Waals surface area (Å²) < 4.78 is 0. The molecule has 0 atom stereocenters. The van der Waals surface area contributed by atoms with E-state index in [1.165, 1.54) is 38.5 Å². The average molecular weight is 269 g/mol. The van der Waals surface area contributed by atoms with E-state index in [1.54, 1.807) is 0 Å². The summed E-state index contributed by atoms with van der Waals surface area (Å²) in [6.07, 6.45) is 8.08. The van der Waals surface area contributed by atoms with Crippen molar-refractivity contribution < 1.29 is 4.79 Å². The van der Waals surface area contributed by atoms with Crippen LogP contribution in [0.25, 0.3) is 0 Å². The minimum atomic E-state index is 0.145. The molecule has 0 bridgehead atoms. The summed E-state index contributed by atoms with van der Waals surface area (Å²) in [4.78, 5) is 13.8. The monoisotopic (exact) mass is 269 g/mol. The van der Waals surface area contributed by atoms with Crippen molar-refractivity contribution >= 4 is 5.91 Å². The Bertz CT molecular complexity index is 234. The van der Waals surface area contributed by atoms with E-state index < -0.39 is 0 Å². The fraction of sp³-hybridized carbons (Fsp3) is 0.933. The zero-order valence-corrected chi connectivity index (χ0v) is 12.7. The smallest absolute Gasteiger partial charge is 0.234 e. The van der Waals surface area contributed by atoms with Crippen LogP contribution < -0.4 is 10.6 Å². The lowest BCUT2D eigenvalue weighted by Gasteiger charge is -2.18. The molecule has 4 heteroatoms. The van der Waals surface area contributed by atoms with Crippen LogP contribution in [0.3, 0.4) is 0 Å². The third kappa shape index (κ3) is 7.53. The Labute approximate surface area is 118 Å². The maximum Gasteiger partial charge on any atom is 0.234 e. The van der Waals surface area contributed by atoms with Gasteiger partial charge in [-0.25, -0.2) is 0 Å². The van der Waals surface area contributed by atoms with Crippen molar-refractivity contribution in [2.45, 2.75) is 58.4 Å². The van der Waals surface area contributed by atoms with E-state index in [2.05, 4.69) is 29.4 Å². The Morgan fingerprint density at radius 2 is 1.68 bits per heavy atom. The Balaban J connectivity index is 2.04. The summed E-state index contributed by atoms with van der Waals surface area (Å²) in [5.74, 6) is 0.145. The fourth-order valence-electron chi connectivity index (χ4n) is 2.67. The Kier molecular flexibility index (Phi) is 8.84. The maximum absolute atomic E-state index is 11.7. The second kappa shape index (κ2) is 10.2. The molecule has 0 heterocycles. The molecule has 2 N–H and O–H groups in total. The summed E-state index contributed by atoms with van der Waals surface area (Å²) in [6, 6.07) is 0.669. The van der Waals surface area contributed by atoms with Gasteiger partial charge in [-0.1, -0.05) is 39.5 Å². The average Bonchev–Trinajstić information content (AvgIpc) is 2.69. The molecule has 0 aromatic carbocycles. The van der Waals surface area contributed by atoms with Gasteiger partial charge in [0.2, 0.25) is 5.91 Å². The number of likely N-dealkylation sites (N-methyl/N-ethyl adjacent to an activating group) is 1. The number of carbonyl (C=O) groups is 1. The summed E-state index contributed by atoms with van der Waals surface area (Å²) in [5, 5.41) is 6.56. The molecule has 4 nitrogen and oxygen atoms in total. The van der Waals surface area contributed by atoms with Gasteiger partial charge in [0.1, 0.15) is 0 Å². The molecule has 112 valence electrons. The van der Waals surface area contributed by atoms with Crippen LogP contribution in [-0.4, -0.2) is 49.6 Å². The highest BCUT2D eigenvalue weighted by Crippen LogP contribution is 2.16. The summed E-state index contributed by atoms with van der Waals surface area (Å²) in [5.41, 5.74) is 0. The molecule has 0 aliphatic heterocycles. The first-order valence-corrected chi connectivity index (χ1v) is 7.98. The predicted octanol–water partition coefficient (Wildman–Crippen LogP) is 1.76. The highest BCUT2D eigenvalue weighted by Gasteiger charge is 2.11. The highest BCUT2D eigenvalue weighted by atomic mass is 16.2. The van der Waals surface area contributed by atoms with E-state index in [4.69, 9.17) is 0 Å². The van der Waals surface area contributed by atoms with Crippen molar-refractivity contribution in [2.24, 2.45) is 0 Å². The molecule has 1 amide bonds. The van der Waals surface area contributed by atoms with Crippen molar-refractivity contribution in [3.63, 3.8) is 0 Å². The molecule has 0 spiro atoms. The number of nitrogens with zero attached hydrogens (tertiary/aromatic N) is 1. The van der Waals surface area contributed by atoms with E-state index in [-0.39, 0.29) is 5.91 Å². The first kappa shape index (κ1) is 16.4. The zero-order valence-electron chi connectivity index (χ0n) is 12.7. The molecule has 19 heavy (non-hydrogen) atoms. The van der Waals surface area contributed by atoms with Crippen LogP contribution in [0, 0.1) is 0 Å². The van der Waals surface area contributed by atoms with Crippen LogP contribution in [0.4, 0.5) is 0 Å². The van der Waals surface area contributed by atoms with Gasteiger partial charge in [-0.15, -0.1) is 0 Å². The first-order chi connectivity index (χ1) is 9.26. The molecule has 1 fully saturated rings. The molecule has 1 saturated carbocycles. The van der Waals surface area contributed by atoms with Gasteiger partial charge in [0, 0.05) is 19.1 Å². The van der Waals surface area contributed by atoms with Crippen LogP contribution >= 0.6 is 0 Å². The number of carbonyl (C=O) groups excluding carboxylic acids is 1. The van der Waals surface area contributed by atoms with Crippen LogP contribution in [0.5, 0.6) is 0 Å². The van der Waals surface area contributed by atoms with Crippen molar-refractivity contribution in [1.82, 2.24) is 15.5 Å². The van der Waals surface area contributed by atoms with Crippen LogP contribution in [-0.2, 0) is 4.79 Å². The number of nitrogens with one attached hydrogen (secondary N) is 2. The third-order valence-corrected chi connectivity index (χ3v) is 4.00. The second-order valence-corrected chi connectivity index (χ2v) is 5.45. The standard InChI is InChI=1S/C15H31N3O/c1-3-18(4-2)13-15(19)17-12-11-16-14-9-7-5-6-8-10-14/h14,16H,3-13H2,1-2H3,(H,17,19). The molecule has 0 aromatic heterocycles. The molecule has 0 radical (unpaired) electrons. The molecular formula is C15H31N3O. The van der Waals surface area contributed by atoms with Crippen LogP contribution in [0.1, 0.15) is 52.4 Å². The SMILES string of the molecule is CCN(CC)CC(=O)NCCNC1CCCCCC1. The second-order valence-electron chi connectivity index (χ2n) is 5.45. The van der Waals surface area contributed by atoms with Gasteiger partial charge in [-0.3, -0.25) is 9.69 Å². The molecule has 0 unspecified atom stereocenters. The largest absolute Gasteiger partial charge is 0.354 e. The molecule has 1 aliphatic carbocycles. The Hall–Kier alpha value is -0.610. The van der Waals surface area contributed by atoms with Crippen molar-refractivity contribution in [2.75, 3.05) is 32.7 Å². The van der Waals surface area contributed by atoms with E-state index in [0.29, 0.717) is 12.6 Å². The van der Waals surface area contributed by atoms with Gasteiger partial charge in [0.15, 0.2) is 0 Å². The number of hydrogen-bond acceptors (Lipinski definition) is 3. The van der Waals surface area contributed by atoms with Crippen molar-refractivity contribution in [3.05, 3.63) is 0 Å². The van der Waals surface area contributed by atoms with Gasteiger partial charge in [-0.05, 0) is 25.9 Å². The number of amides is 1. The van der Waals surface area contributed by atoms with Gasteiger partial charge in [-0.2, -0.15) is 0 Å². The van der Waals surface area contributed by atoms with E-state index in [9.17, 15) is 4.79 Å². The van der Waals surface area contributed by atoms with Gasteiger partial charge in [0.25, 0.3) is 0 Å². The highest BCUT2D eigenvalue weighted by molar-refractivity contribution is 5.77. The number of hydrogen-bond donors (Lipinski definition) is 2. The van der Waals surface area contributed by atoms with Crippen LogP contribution in [0.15, 0.2) is 0 Å².